The Morgan fingerprint density at radius 1 is 1.30 bits per heavy atom. The van der Waals surface area contributed by atoms with Crippen molar-refractivity contribution in [2.45, 2.75) is 0 Å². The summed E-state index contributed by atoms with van der Waals surface area (Å²) in [7, 11) is 0. The summed E-state index contributed by atoms with van der Waals surface area (Å²) in [6.07, 6.45) is 0. The van der Waals surface area contributed by atoms with E-state index in [0.717, 1.165) is 9.88 Å². The molecule has 1 heterocycles. The first-order valence-electron chi connectivity index (χ1n) is 3.27. The minimum atomic E-state index is 1.07. The van der Waals surface area contributed by atoms with Crippen LogP contribution in [0.4, 0.5) is 0 Å². The molecular formula is C7H5LiN2. The van der Waals surface area contributed by atoms with Crippen LogP contribution in [0.5, 0.6) is 0 Å². The molecule has 3 heteroatoms. The number of hydrogen-bond donors (Lipinski definition) is 1. The quantitative estimate of drug-likeness (QED) is 0.504. The Kier molecular flexibility index (Phi) is 1.30. The van der Waals surface area contributed by atoms with Crippen LogP contribution in [0, 0.1) is 0 Å². The Labute approximate surface area is 67.8 Å². The van der Waals surface area contributed by atoms with Gasteiger partial charge in [0, 0.05) is 0 Å². The SMILES string of the molecule is [Li][c]1n[nH]c2ccccc12. The van der Waals surface area contributed by atoms with Crippen LogP contribution in [0.3, 0.4) is 0 Å². The van der Waals surface area contributed by atoms with Gasteiger partial charge >= 0.3 is 67.4 Å². The average Bonchev–Trinajstić information content (AvgIpc) is 2.34. The van der Waals surface area contributed by atoms with Gasteiger partial charge in [0.1, 0.15) is 0 Å². The molecule has 0 saturated heterocycles. The van der Waals surface area contributed by atoms with Crippen LogP contribution in [0.1, 0.15) is 0 Å². The second-order valence-electron chi connectivity index (χ2n) is 2.35. The molecule has 0 aliphatic heterocycles. The molecule has 1 aromatic heterocycles. The van der Waals surface area contributed by atoms with Crippen molar-refractivity contribution < 1.29 is 0 Å². The Morgan fingerprint density at radius 3 is 2.90 bits per heavy atom. The van der Waals surface area contributed by atoms with Gasteiger partial charge in [0.25, 0.3) is 0 Å². The number of nitrogens with zero attached hydrogens (tertiary/aromatic N) is 1. The Hall–Kier alpha value is -0.713. The predicted molar refractivity (Wildman–Crippen MR) is 41.5 cm³/mol. The van der Waals surface area contributed by atoms with Crippen molar-refractivity contribution in [2.24, 2.45) is 0 Å². The third-order valence-electron chi connectivity index (χ3n) is 1.66. The first-order valence-corrected chi connectivity index (χ1v) is 3.27. The number of hydrogen-bond acceptors (Lipinski definition) is 1. The van der Waals surface area contributed by atoms with E-state index in [1.165, 1.54) is 5.39 Å². The van der Waals surface area contributed by atoms with Crippen molar-refractivity contribution in [1.29, 1.82) is 0 Å². The molecule has 0 aliphatic carbocycles. The van der Waals surface area contributed by atoms with Crippen molar-refractivity contribution in [3.63, 3.8) is 0 Å². The average molecular weight is 124 g/mol. The molecule has 1 aromatic carbocycles. The van der Waals surface area contributed by atoms with Gasteiger partial charge in [-0.15, -0.1) is 0 Å². The molecule has 0 fully saturated rings. The molecule has 0 unspecified atom stereocenters. The molecule has 10 heavy (non-hydrogen) atoms. The Morgan fingerprint density at radius 2 is 2.10 bits per heavy atom. The van der Waals surface area contributed by atoms with E-state index in [0.29, 0.717) is 0 Å². The van der Waals surface area contributed by atoms with Crippen LogP contribution in [0.15, 0.2) is 24.3 Å². The molecule has 0 aliphatic rings. The van der Waals surface area contributed by atoms with E-state index >= 15 is 0 Å². The molecule has 0 atom stereocenters. The summed E-state index contributed by atoms with van der Waals surface area (Å²) in [6, 6.07) is 8.11. The van der Waals surface area contributed by atoms with Crippen molar-refractivity contribution in [3.05, 3.63) is 24.3 Å². The monoisotopic (exact) mass is 124 g/mol. The van der Waals surface area contributed by atoms with Gasteiger partial charge in [-0.2, -0.15) is 0 Å². The summed E-state index contributed by atoms with van der Waals surface area (Å²) in [4.78, 5) is 0. The molecule has 1 N–H and O–H groups in total. The number of aromatic nitrogens is 2. The zero-order valence-electron chi connectivity index (χ0n) is 5.76. The normalized spacial score (nSPS) is 10.6. The second kappa shape index (κ2) is 2.16. The summed E-state index contributed by atoms with van der Waals surface area (Å²) in [5.74, 6) is 0. The fourth-order valence-corrected chi connectivity index (χ4v) is 1.10. The summed E-state index contributed by atoms with van der Waals surface area (Å²) in [6.45, 7) is 0. The van der Waals surface area contributed by atoms with Gasteiger partial charge in [-0.1, -0.05) is 0 Å². The molecular weight excluding hydrogens is 119 g/mol. The van der Waals surface area contributed by atoms with Gasteiger partial charge in [0.15, 0.2) is 0 Å². The maximum absolute atomic E-state index is 4.07. The van der Waals surface area contributed by atoms with E-state index in [9.17, 15) is 0 Å². The van der Waals surface area contributed by atoms with Crippen LogP contribution in [-0.4, -0.2) is 27.9 Å². The predicted octanol–water partition coefficient (Wildman–Crippen LogP) is 0.357. The number of fused-ring (bicyclic) bond motifs is 1. The zero-order chi connectivity index (χ0) is 6.97. The first-order chi connectivity index (χ1) is 4.88. The van der Waals surface area contributed by atoms with Crippen molar-refractivity contribution in [1.82, 2.24) is 10.2 Å². The van der Waals surface area contributed by atoms with Gasteiger partial charge in [-0.3, -0.25) is 0 Å². The van der Waals surface area contributed by atoms with Crippen LogP contribution >= 0.6 is 0 Å². The van der Waals surface area contributed by atoms with Gasteiger partial charge in [-0.25, -0.2) is 0 Å². The number of benzene rings is 1. The summed E-state index contributed by atoms with van der Waals surface area (Å²) < 4.78 is 1.07. The Bertz CT molecular complexity index is 353. The van der Waals surface area contributed by atoms with Crippen molar-refractivity contribution in [2.75, 3.05) is 0 Å². The molecule has 0 saturated carbocycles. The number of aromatic amines is 1. The van der Waals surface area contributed by atoms with Crippen LogP contribution < -0.4 is 4.37 Å². The van der Waals surface area contributed by atoms with Gasteiger partial charge in [0.05, 0.1) is 0 Å². The standard InChI is InChI=1S/C7H5N2.Li/c1-2-4-7-6(3-1)5-8-9-7;/h1-4H,(H,8,9);. The number of rotatable bonds is 0. The van der Waals surface area contributed by atoms with Gasteiger partial charge in [-0.05, 0) is 0 Å². The third-order valence-corrected chi connectivity index (χ3v) is 1.66. The van der Waals surface area contributed by atoms with E-state index in [-0.39, 0.29) is 0 Å². The van der Waals surface area contributed by atoms with E-state index in [1.807, 2.05) is 35.9 Å². The Balaban J connectivity index is 2.93. The molecule has 2 rings (SSSR count). The van der Waals surface area contributed by atoms with Crippen molar-refractivity contribution >= 4 is 33.0 Å². The summed E-state index contributed by atoms with van der Waals surface area (Å²) in [5.41, 5.74) is 1.11. The topological polar surface area (TPSA) is 28.7 Å². The fourth-order valence-electron chi connectivity index (χ4n) is 1.10. The third kappa shape index (κ3) is 0.774. The molecule has 44 valence electrons. The zero-order valence-corrected chi connectivity index (χ0v) is 5.76. The molecule has 0 spiro atoms. The van der Waals surface area contributed by atoms with Gasteiger partial charge in [0.2, 0.25) is 0 Å². The van der Waals surface area contributed by atoms with E-state index < -0.39 is 0 Å². The number of nitrogens with one attached hydrogen (secondary N) is 1. The second-order valence-corrected chi connectivity index (χ2v) is 2.35. The van der Waals surface area contributed by atoms with Gasteiger partial charge < -0.3 is 0 Å². The summed E-state index contributed by atoms with van der Waals surface area (Å²) >= 11 is 2.00. The molecule has 0 amide bonds. The van der Waals surface area contributed by atoms with E-state index in [1.54, 1.807) is 0 Å². The number of para-hydroxylation sites is 1. The molecule has 2 aromatic rings. The molecule has 2 nitrogen and oxygen atoms in total. The van der Waals surface area contributed by atoms with Crippen LogP contribution in [0.25, 0.3) is 10.9 Å². The van der Waals surface area contributed by atoms with E-state index in [4.69, 9.17) is 0 Å². The van der Waals surface area contributed by atoms with Crippen molar-refractivity contribution in [3.8, 4) is 0 Å². The maximum atomic E-state index is 4.07. The molecule has 0 bridgehead atoms. The minimum absolute atomic E-state index is 1.07. The first kappa shape index (κ1) is 6.03. The summed E-state index contributed by atoms with van der Waals surface area (Å²) in [5, 5.41) is 8.22. The van der Waals surface area contributed by atoms with Crippen LogP contribution in [0.2, 0.25) is 0 Å². The fraction of sp³-hybridized carbons (Fsp3) is 0. The molecule has 0 radical (unpaired) electrons. The number of H-pyrrole nitrogens is 1. The van der Waals surface area contributed by atoms with E-state index in [2.05, 4.69) is 16.3 Å². The van der Waals surface area contributed by atoms with Crippen LogP contribution in [-0.2, 0) is 0 Å².